The summed E-state index contributed by atoms with van der Waals surface area (Å²) >= 11 is 0. The fourth-order valence-electron chi connectivity index (χ4n) is 2.41. The summed E-state index contributed by atoms with van der Waals surface area (Å²) in [6.07, 6.45) is 0. The van der Waals surface area contributed by atoms with Gasteiger partial charge in [-0.25, -0.2) is 18.7 Å². The second kappa shape index (κ2) is 6.84. The van der Waals surface area contributed by atoms with Crippen molar-refractivity contribution in [2.45, 2.75) is 20.8 Å². The van der Waals surface area contributed by atoms with E-state index >= 15 is 0 Å². The van der Waals surface area contributed by atoms with E-state index in [-0.39, 0.29) is 5.69 Å². The van der Waals surface area contributed by atoms with Gasteiger partial charge in [-0.1, -0.05) is 12.1 Å². The van der Waals surface area contributed by atoms with E-state index in [0.717, 1.165) is 11.3 Å². The molecule has 128 valence electrons. The Morgan fingerprint density at radius 1 is 0.760 bits per heavy atom. The quantitative estimate of drug-likeness (QED) is 0.688. The van der Waals surface area contributed by atoms with Crippen LogP contribution >= 0.6 is 0 Å². The van der Waals surface area contributed by atoms with Crippen LogP contribution in [0.4, 0.5) is 31.8 Å². The molecule has 0 atom stereocenters. The summed E-state index contributed by atoms with van der Waals surface area (Å²) in [4.78, 5) is 8.51. The number of nitrogens with one attached hydrogen (secondary N) is 2. The molecule has 0 radical (unpaired) electrons. The second-order valence-corrected chi connectivity index (χ2v) is 5.83. The van der Waals surface area contributed by atoms with Crippen molar-refractivity contribution in [3.63, 3.8) is 0 Å². The molecule has 0 aliphatic rings. The lowest BCUT2D eigenvalue weighted by atomic mass is 10.1. The monoisotopic (exact) mass is 340 g/mol. The molecule has 1 aromatic heterocycles. The van der Waals surface area contributed by atoms with Crippen LogP contribution in [-0.2, 0) is 0 Å². The van der Waals surface area contributed by atoms with Gasteiger partial charge in [-0.3, -0.25) is 0 Å². The van der Waals surface area contributed by atoms with Crippen molar-refractivity contribution in [2.75, 3.05) is 10.6 Å². The number of anilines is 4. The molecule has 0 spiro atoms. The standard InChI is InChI=1S/C19H18F2N4/c1-11-7-8-14(9-12(11)2)24-17-10-18(23-13(3)22-17)25-19-15(20)5-4-6-16(19)21/h4-10H,1-3H3,(H2,22,23,24,25). The van der Waals surface area contributed by atoms with Crippen molar-refractivity contribution in [2.24, 2.45) is 0 Å². The zero-order chi connectivity index (χ0) is 18.0. The Morgan fingerprint density at radius 2 is 1.40 bits per heavy atom. The van der Waals surface area contributed by atoms with Gasteiger partial charge in [0.15, 0.2) is 0 Å². The number of halogens is 2. The van der Waals surface area contributed by atoms with Gasteiger partial charge in [-0.15, -0.1) is 0 Å². The van der Waals surface area contributed by atoms with Crippen LogP contribution in [0.15, 0.2) is 42.5 Å². The normalized spacial score (nSPS) is 10.6. The zero-order valence-electron chi connectivity index (χ0n) is 14.2. The first-order valence-electron chi connectivity index (χ1n) is 7.83. The molecule has 0 aliphatic carbocycles. The lowest BCUT2D eigenvalue weighted by Crippen LogP contribution is -2.04. The van der Waals surface area contributed by atoms with Crippen LogP contribution in [0.3, 0.4) is 0 Å². The van der Waals surface area contributed by atoms with Gasteiger partial charge in [0, 0.05) is 11.8 Å². The molecule has 6 heteroatoms. The van der Waals surface area contributed by atoms with Crippen LogP contribution in [-0.4, -0.2) is 9.97 Å². The zero-order valence-corrected chi connectivity index (χ0v) is 14.2. The highest BCUT2D eigenvalue weighted by atomic mass is 19.1. The molecule has 3 aromatic rings. The van der Waals surface area contributed by atoms with E-state index in [4.69, 9.17) is 0 Å². The SMILES string of the molecule is Cc1nc(Nc2ccc(C)c(C)c2)cc(Nc2c(F)cccc2F)n1. The molecule has 2 N–H and O–H groups in total. The molecular weight excluding hydrogens is 322 g/mol. The highest BCUT2D eigenvalue weighted by molar-refractivity contribution is 5.64. The Hall–Kier alpha value is -3.02. The molecule has 0 bridgehead atoms. The number of rotatable bonds is 4. The minimum atomic E-state index is -0.681. The molecule has 0 amide bonds. The smallest absolute Gasteiger partial charge is 0.149 e. The number of hydrogen-bond acceptors (Lipinski definition) is 4. The third kappa shape index (κ3) is 3.91. The molecule has 0 unspecified atom stereocenters. The van der Waals surface area contributed by atoms with Gasteiger partial charge in [-0.05, 0) is 56.2 Å². The van der Waals surface area contributed by atoms with Crippen molar-refractivity contribution in [1.82, 2.24) is 9.97 Å². The predicted molar refractivity (Wildman–Crippen MR) is 95.6 cm³/mol. The summed E-state index contributed by atoms with van der Waals surface area (Å²) in [6, 6.07) is 11.3. The van der Waals surface area contributed by atoms with Gasteiger partial charge >= 0.3 is 0 Å². The number of aromatic nitrogens is 2. The first kappa shape index (κ1) is 16.8. The minimum Gasteiger partial charge on any atom is -0.340 e. The van der Waals surface area contributed by atoms with E-state index in [1.807, 2.05) is 32.0 Å². The van der Waals surface area contributed by atoms with Crippen molar-refractivity contribution in [3.8, 4) is 0 Å². The Kier molecular flexibility index (Phi) is 4.61. The maximum atomic E-state index is 13.8. The molecule has 3 rings (SSSR count). The van der Waals surface area contributed by atoms with Crippen LogP contribution < -0.4 is 10.6 Å². The lowest BCUT2D eigenvalue weighted by molar-refractivity contribution is 0.590. The molecule has 0 aliphatic heterocycles. The Bertz CT molecular complexity index is 905. The summed E-state index contributed by atoms with van der Waals surface area (Å²) in [6.45, 7) is 5.78. The van der Waals surface area contributed by atoms with Gasteiger partial charge < -0.3 is 10.6 Å². The maximum Gasteiger partial charge on any atom is 0.149 e. The number of para-hydroxylation sites is 1. The minimum absolute atomic E-state index is 0.238. The summed E-state index contributed by atoms with van der Waals surface area (Å²) in [7, 11) is 0. The Morgan fingerprint density at radius 3 is 2.04 bits per heavy atom. The number of benzene rings is 2. The summed E-state index contributed by atoms with van der Waals surface area (Å²) < 4.78 is 27.6. The summed E-state index contributed by atoms with van der Waals surface area (Å²) in [5.41, 5.74) is 2.99. The van der Waals surface area contributed by atoms with Gasteiger partial charge in [-0.2, -0.15) is 0 Å². The average molecular weight is 340 g/mol. The highest BCUT2D eigenvalue weighted by Gasteiger charge is 2.10. The Balaban J connectivity index is 1.89. The van der Waals surface area contributed by atoms with E-state index in [9.17, 15) is 8.78 Å². The molecule has 25 heavy (non-hydrogen) atoms. The topological polar surface area (TPSA) is 49.8 Å². The van der Waals surface area contributed by atoms with Gasteiger partial charge in [0.05, 0.1) is 0 Å². The molecule has 1 heterocycles. The van der Waals surface area contributed by atoms with E-state index in [1.54, 1.807) is 13.0 Å². The van der Waals surface area contributed by atoms with E-state index < -0.39 is 11.6 Å². The van der Waals surface area contributed by atoms with E-state index in [1.165, 1.54) is 23.8 Å². The third-order valence-corrected chi connectivity index (χ3v) is 3.83. The van der Waals surface area contributed by atoms with E-state index in [2.05, 4.69) is 20.6 Å². The molecular formula is C19H18F2N4. The van der Waals surface area contributed by atoms with Crippen LogP contribution in [0.25, 0.3) is 0 Å². The molecule has 2 aromatic carbocycles. The molecule has 4 nitrogen and oxygen atoms in total. The first-order chi connectivity index (χ1) is 11.9. The molecule has 0 saturated heterocycles. The number of aryl methyl sites for hydroxylation is 3. The van der Waals surface area contributed by atoms with Crippen molar-refractivity contribution in [1.29, 1.82) is 0 Å². The summed E-state index contributed by atoms with van der Waals surface area (Å²) in [5, 5.41) is 5.88. The van der Waals surface area contributed by atoms with Crippen LogP contribution in [0, 0.1) is 32.4 Å². The van der Waals surface area contributed by atoms with Crippen LogP contribution in [0.5, 0.6) is 0 Å². The molecule has 0 saturated carbocycles. The Labute approximate surface area is 145 Å². The van der Waals surface area contributed by atoms with Crippen LogP contribution in [0.2, 0.25) is 0 Å². The highest BCUT2D eigenvalue weighted by Crippen LogP contribution is 2.25. The average Bonchev–Trinajstić information content (AvgIpc) is 2.54. The van der Waals surface area contributed by atoms with E-state index in [0.29, 0.717) is 17.5 Å². The second-order valence-electron chi connectivity index (χ2n) is 5.83. The van der Waals surface area contributed by atoms with Gasteiger partial charge in [0.1, 0.15) is 34.8 Å². The maximum absolute atomic E-state index is 13.8. The van der Waals surface area contributed by atoms with Gasteiger partial charge in [0.25, 0.3) is 0 Å². The number of hydrogen-bond donors (Lipinski definition) is 2. The lowest BCUT2D eigenvalue weighted by Gasteiger charge is -2.12. The molecule has 0 fully saturated rings. The fraction of sp³-hybridized carbons (Fsp3) is 0.158. The van der Waals surface area contributed by atoms with Gasteiger partial charge in [0.2, 0.25) is 0 Å². The van der Waals surface area contributed by atoms with Crippen molar-refractivity contribution < 1.29 is 8.78 Å². The van der Waals surface area contributed by atoms with Crippen molar-refractivity contribution >= 4 is 23.0 Å². The third-order valence-electron chi connectivity index (χ3n) is 3.83. The first-order valence-corrected chi connectivity index (χ1v) is 7.83. The fourth-order valence-corrected chi connectivity index (χ4v) is 2.41. The van der Waals surface area contributed by atoms with Crippen LogP contribution in [0.1, 0.15) is 17.0 Å². The number of nitrogens with zero attached hydrogens (tertiary/aromatic N) is 2. The predicted octanol–water partition coefficient (Wildman–Crippen LogP) is 5.17. The summed E-state index contributed by atoms with van der Waals surface area (Å²) in [5.74, 6) is -0.0363. The largest absolute Gasteiger partial charge is 0.340 e. The van der Waals surface area contributed by atoms with Crippen molar-refractivity contribution in [3.05, 3.63) is 71.1 Å².